The van der Waals surface area contributed by atoms with E-state index in [0.29, 0.717) is 23.0 Å². The Bertz CT molecular complexity index is 1370. The molecule has 0 bridgehead atoms. The van der Waals surface area contributed by atoms with Crippen molar-refractivity contribution in [3.05, 3.63) is 100 Å². The van der Waals surface area contributed by atoms with E-state index in [-0.39, 0.29) is 42.6 Å². The minimum Gasteiger partial charge on any atom is -0.354 e. The number of nitrogens with zero attached hydrogens (tertiary/aromatic N) is 2. The van der Waals surface area contributed by atoms with Gasteiger partial charge < -0.3 is 10.2 Å². The number of rotatable bonds is 14. The summed E-state index contributed by atoms with van der Waals surface area (Å²) in [5.74, 6) is -0.507. The first-order chi connectivity index (χ1) is 19.1. The predicted molar refractivity (Wildman–Crippen MR) is 160 cm³/mol. The number of nitrogens with one attached hydrogen (secondary N) is 1. The van der Waals surface area contributed by atoms with E-state index >= 15 is 0 Å². The molecule has 0 aromatic heterocycles. The summed E-state index contributed by atoms with van der Waals surface area (Å²) in [6.07, 6.45) is 1.43. The van der Waals surface area contributed by atoms with Crippen LogP contribution in [0.15, 0.2) is 83.8 Å². The second-order valence-electron chi connectivity index (χ2n) is 9.51. The summed E-state index contributed by atoms with van der Waals surface area (Å²) >= 11 is 12.4. The maximum atomic E-state index is 13.7. The van der Waals surface area contributed by atoms with Crippen LogP contribution in [0.5, 0.6) is 0 Å². The van der Waals surface area contributed by atoms with Crippen LogP contribution in [0, 0.1) is 0 Å². The van der Waals surface area contributed by atoms with E-state index in [9.17, 15) is 18.0 Å². The van der Waals surface area contributed by atoms with Crippen LogP contribution < -0.4 is 5.32 Å². The normalized spacial score (nSPS) is 12.2. The summed E-state index contributed by atoms with van der Waals surface area (Å²) in [7, 11) is -2.18. The molecule has 1 atom stereocenters. The molecule has 214 valence electrons. The van der Waals surface area contributed by atoms with Crippen LogP contribution in [0.3, 0.4) is 0 Å². The summed E-state index contributed by atoms with van der Waals surface area (Å²) in [6.45, 7) is 2.74. The fraction of sp³-hybridized carbons (Fsp3) is 0.333. The molecule has 0 fully saturated rings. The van der Waals surface area contributed by atoms with Crippen molar-refractivity contribution in [1.29, 1.82) is 0 Å². The van der Waals surface area contributed by atoms with Gasteiger partial charge in [-0.1, -0.05) is 84.7 Å². The van der Waals surface area contributed by atoms with Crippen molar-refractivity contribution in [3.8, 4) is 0 Å². The van der Waals surface area contributed by atoms with E-state index in [1.165, 1.54) is 11.4 Å². The van der Waals surface area contributed by atoms with Gasteiger partial charge in [-0.3, -0.25) is 9.59 Å². The first-order valence-electron chi connectivity index (χ1n) is 13.2. The van der Waals surface area contributed by atoms with E-state index in [0.717, 1.165) is 17.5 Å². The lowest BCUT2D eigenvalue weighted by atomic mass is 10.0. The maximum absolute atomic E-state index is 13.7. The highest BCUT2D eigenvalue weighted by Crippen LogP contribution is 2.25. The largest absolute Gasteiger partial charge is 0.354 e. The van der Waals surface area contributed by atoms with Gasteiger partial charge in [0.25, 0.3) is 0 Å². The molecular formula is C30H35Cl2N3O4S. The Labute approximate surface area is 247 Å². The molecule has 3 aromatic rings. The molecule has 0 saturated carbocycles. The van der Waals surface area contributed by atoms with Crippen LogP contribution in [-0.4, -0.2) is 55.6 Å². The van der Waals surface area contributed by atoms with E-state index < -0.39 is 16.1 Å². The van der Waals surface area contributed by atoms with Crippen LogP contribution in [0.4, 0.5) is 0 Å². The molecule has 10 heteroatoms. The van der Waals surface area contributed by atoms with E-state index in [4.69, 9.17) is 23.2 Å². The standard InChI is InChI=1S/C30H35Cl2N3O4S/c1-3-18-33-30(37)28(21-23-11-6-4-7-12-23)35(22-24-16-17-26(31)27(32)20-24)29(36)15-10-19-34(2)40(38,39)25-13-8-5-9-14-25/h4-9,11-14,16-17,20,28H,3,10,15,18-19,21-22H2,1-2H3,(H,33,37)/t28-/m0/s1. The molecule has 0 spiro atoms. The van der Waals surface area contributed by atoms with Gasteiger partial charge in [0.05, 0.1) is 14.9 Å². The van der Waals surface area contributed by atoms with Crippen molar-refractivity contribution in [1.82, 2.24) is 14.5 Å². The number of hydrogen-bond acceptors (Lipinski definition) is 4. The Balaban J connectivity index is 1.83. The fourth-order valence-corrected chi connectivity index (χ4v) is 5.79. The first-order valence-corrected chi connectivity index (χ1v) is 15.4. The number of hydrogen-bond donors (Lipinski definition) is 1. The smallest absolute Gasteiger partial charge is 0.243 e. The predicted octanol–water partition coefficient (Wildman–Crippen LogP) is 5.56. The number of sulfonamides is 1. The SMILES string of the molecule is CCCNC(=O)[C@H](Cc1ccccc1)N(Cc1ccc(Cl)c(Cl)c1)C(=O)CCCN(C)S(=O)(=O)c1ccccc1. The molecule has 0 unspecified atom stereocenters. The van der Waals surface area contributed by atoms with Crippen LogP contribution in [0.25, 0.3) is 0 Å². The van der Waals surface area contributed by atoms with Gasteiger partial charge in [0.2, 0.25) is 21.8 Å². The van der Waals surface area contributed by atoms with Gasteiger partial charge in [-0.05, 0) is 48.2 Å². The minimum atomic E-state index is -3.68. The van der Waals surface area contributed by atoms with Crippen molar-refractivity contribution in [3.63, 3.8) is 0 Å². The van der Waals surface area contributed by atoms with Gasteiger partial charge in [-0.25, -0.2) is 12.7 Å². The molecule has 1 N–H and O–H groups in total. The number of carbonyl (C=O) groups excluding carboxylic acids is 2. The minimum absolute atomic E-state index is 0.0579. The van der Waals surface area contributed by atoms with E-state index in [1.54, 1.807) is 53.4 Å². The molecule has 0 aliphatic rings. The zero-order valence-corrected chi connectivity index (χ0v) is 25.1. The van der Waals surface area contributed by atoms with Gasteiger partial charge in [0.15, 0.2) is 0 Å². The second kappa shape index (κ2) is 15.2. The number of carbonyl (C=O) groups is 2. The van der Waals surface area contributed by atoms with Crippen LogP contribution in [0.2, 0.25) is 10.0 Å². The second-order valence-corrected chi connectivity index (χ2v) is 12.4. The van der Waals surface area contributed by atoms with Crippen molar-refractivity contribution in [2.75, 3.05) is 20.1 Å². The summed E-state index contributed by atoms with van der Waals surface area (Å²) in [5, 5.41) is 3.69. The Morgan fingerprint density at radius 1 is 0.900 bits per heavy atom. The van der Waals surface area contributed by atoms with Crippen molar-refractivity contribution in [2.45, 2.75) is 50.1 Å². The van der Waals surface area contributed by atoms with E-state index in [2.05, 4.69) is 5.32 Å². The Hall–Kier alpha value is -2.91. The van der Waals surface area contributed by atoms with Crippen LogP contribution >= 0.6 is 23.2 Å². The highest BCUT2D eigenvalue weighted by atomic mass is 35.5. The number of halogens is 2. The van der Waals surface area contributed by atoms with Gasteiger partial charge in [-0.15, -0.1) is 0 Å². The summed E-state index contributed by atoms with van der Waals surface area (Å²) in [6, 6.07) is 22.0. The molecule has 3 rings (SSSR count). The fourth-order valence-electron chi connectivity index (χ4n) is 4.24. The average Bonchev–Trinajstić information content (AvgIpc) is 2.96. The Kier molecular flexibility index (Phi) is 12.0. The molecule has 0 saturated heterocycles. The van der Waals surface area contributed by atoms with Crippen molar-refractivity contribution < 1.29 is 18.0 Å². The molecular weight excluding hydrogens is 569 g/mol. The molecule has 0 aliphatic heterocycles. The highest BCUT2D eigenvalue weighted by Gasteiger charge is 2.30. The van der Waals surface area contributed by atoms with Gasteiger partial charge in [0, 0.05) is 39.5 Å². The zero-order chi connectivity index (χ0) is 29.1. The summed E-state index contributed by atoms with van der Waals surface area (Å²) in [4.78, 5) is 28.9. The molecule has 7 nitrogen and oxygen atoms in total. The summed E-state index contributed by atoms with van der Waals surface area (Å²) < 4.78 is 27.0. The molecule has 40 heavy (non-hydrogen) atoms. The molecule has 3 aromatic carbocycles. The lowest BCUT2D eigenvalue weighted by molar-refractivity contribution is -0.141. The maximum Gasteiger partial charge on any atom is 0.243 e. The third-order valence-electron chi connectivity index (χ3n) is 6.47. The lowest BCUT2D eigenvalue weighted by Gasteiger charge is -2.32. The van der Waals surface area contributed by atoms with Crippen LogP contribution in [0.1, 0.15) is 37.3 Å². The zero-order valence-electron chi connectivity index (χ0n) is 22.7. The Morgan fingerprint density at radius 2 is 1.55 bits per heavy atom. The Morgan fingerprint density at radius 3 is 2.17 bits per heavy atom. The first kappa shape index (κ1) is 31.6. The van der Waals surface area contributed by atoms with Crippen LogP contribution in [-0.2, 0) is 32.6 Å². The van der Waals surface area contributed by atoms with Gasteiger partial charge in [0.1, 0.15) is 6.04 Å². The third-order valence-corrected chi connectivity index (χ3v) is 9.08. The quantitative estimate of drug-likeness (QED) is 0.261. The molecule has 2 amide bonds. The van der Waals surface area contributed by atoms with Crippen molar-refractivity contribution in [2.24, 2.45) is 0 Å². The topological polar surface area (TPSA) is 86.8 Å². The number of benzene rings is 3. The third kappa shape index (κ3) is 8.80. The molecule has 0 radical (unpaired) electrons. The molecule has 0 aliphatic carbocycles. The van der Waals surface area contributed by atoms with Crippen molar-refractivity contribution >= 4 is 45.0 Å². The summed E-state index contributed by atoms with van der Waals surface area (Å²) in [5.41, 5.74) is 1.65. The molecule has 0 heterocycles. The highest BCUT2D eigenvalue weighted by molar-refractivity contribution is 7.89. The number of amides is 2. The average molecular weight is 605 g/mol. The monoisotopic (exact) mass is 603 g/mol. The lowest BCUT2D eigenvalue weighted by Crippen LogP contribution is -2.50. The van der Waals surface area contributed by atoms with E-state index in [1.807, 2.05) is 37.3 Å². The van der Waals surface area contributed by atoms with Gasteiger partial charge in [-0.2, -0.15) is 0 Å². The van der Waals surface area contributed by atoms with Gasteiger partial charge >= 0.3 is 0 Å².